The minimum absolute atomic E-state index is 0.0417. The Morgan fingerprint density at radius 1 is 1.56 bits per heavy atom. The molecule has 0 heterocycles. The molecule has 5 N–H and O–H groups in total. The molecule has 0 spiro atoms. The number of aliphatic hydroxyl groups excluding tert-OH is 1. The Labute approximate surface area is 56.0 Å². The van der Waals surface area contributed by atoms with Crippen molar-refractivity contribution >= 4 is 0 Å². The number of aliphatic hydroxyl groups is 1. The van der Waals surface area contributed by atoms with E-state index in [1.165, 1.54) is 0 Å². The molecule has 0 aliphatic heterocycles. The number of rotatable bonds is 4. The van der Waals surface area contributed by atoms with Crippen molar-refractivity contribution in [2.75, 3.05) is 13.2 Å². The van der Waals surface area contributed by atoms with Crippen molar-refractivity contribution in [1.29, 1.82) is 0 Å². The zero-order valence-corrected chi connectivity index (χ0v) is 5.88. The van der Waals surface area contributed by atoms with E-state index >= 15 is 0 Å². The molecule has 0 bridgehead atoms. The summed E-state index contributed by atoms with van der Waals surface area (Å²) in [6, 6.07) is -0.0417. The van der Waals surface area contributed by atoms with E-state index in [9.17, 15) is 0 Å². The second kappa shape index (κ2) is 4.73. The largest absolute Gasteiger partial charge is 0.396 e. The second-order valence-corrected chi connectivity index (χ2v) is 2.25. The molecule has 0 aromatic rings. The van der Waals surface area contributed by atoms with Gasteiger partial charge in [0.2, 0.25) is 0 Å². The van der Waals surface area contributed by atoms with E-state index in [0.717, 1.165) is 6.42 Å². The summed E-state index contributed by atoms with van der Waals surface area (Å²) in [5.41, 5.74) is 10.8. The van der Waals surface area contributed by atoms with E-state index in [1.807, 2.05) is 6.92 Å². The quantitative estimate of drug-likeness (QED) is 0.473. The highest BCUT2D eigenvalue weighted by molar-refractivity contribution is 4.70. The van der Waals surface area contributed by atoms with Gasteiger partial charge in [-0.1, -0.05) is 6.92 Å². The summed E-state index contributed by atoms with van der Waals surface area (Å²) in [5.74, 6) is 0.176. The number of hydrogen-bond acceptors (Lipinski definition) is 3. The summed E-state index contributed by atoms with van der Waals surface area (Å²) >= 11 is 0. The molecule has 0 aliphatic rings. The van der Waals surface area contributed by atoms with Crippen LogP contribution in [0.1, 0.15) is 13.3 Å². The molecule has 0 radical (unpaired) electrons. The van der Waals surface area contributed by atoms with Crippen LogP contribution in [-0.2, 0) is 0 Å². The van der Waals surface area contributed by atoms with Crippen LogP contribution in [0.15, 0.2) is 0 Å². The van der Waals surface area contributed by atoms with Crippen molar-refractivity contribution in [2.45, 2.75) is 19.4 Å². The minimum atomic E-state index is -0.0417. The highest BCUT2D eigenvalue weighted by Gasteiger charge is 2.11. The Balaban J connectivity index is 3.50. The molecular weight excluding hydrogens is 116 g/mol. The van der Waals surface area contributed by atoms with Gasteiger partial charge >= 0.3 is 0 Å². The van der Waals surface area contributed by atoms with Crippen molar-refractivity contribution in [3.8, 4) is 0 Å². The van der Waals surface area contributed by atoms with Crippen LogP contribution in [-0.4, -0.2) is 24.3 Å². The van der Waals surface area contributed by atoms with Gasteiger partial charge < -0.3 is 16.6 Å². The standard InChI is InChI=1S/C6H16N2O/c1-2-5(4-9)6(8)3-7/h5-6,9H,2-4,7-8H2,1H3. The van der Waals surface area contributed by atoms with Crippen LogP contribution in [0.4, 0.5) is 0 Å². The molecule has 0 aliphatic carbocycles. The number of hydrogen-bond donors (Lipinski definition) is 3. The van der Waals surface area contributed by atoms with E-state index in [2.05, 4.69) is 0 Å². The fourth-order valence-electron chi connectivity index (χ4n) is 0.760. The first kappa shape index (κ1) is 8.88. The smallest absolute Gasteiger partial charge is 0.0474 e. The van der Waals surface area contributed by atoms with Gasteiger partial charge in [-0.15, -0.1) is 0 Å². The Morgan fingerprint density at radius 2 is 2.11 bits per heavy atom. The van der Waals surface area contributed by atoms with Gasteiger partial charge in [-0.05, 0) is 12.3 Å². The van der Waals surface area contributed by atoms with Crippen LogP contribution >= 0.6 is 0 Å². The predicted molar refractivity (Wildman–Crippen MR) is 37.9 cm³/mol. The van der Waals surface area contributed by atoms with Gasteiger partial charge in [-0.3, -0.25) is 0 Å². The van der Waals surface area contributed by atoms with E-state index in [0.29, 0.717) is 6.54 Å². The van der Waals surface area contributed by atoms with Crippen molar-refractivity contribution in [1.82, 2.24) is 0 Å². The first-order valence-corrected chi connectivity index (χ1v) is 3.32. The van der Waals surface area contributed by atoms with Crippen molar-refractivity contribution in [3.63, 3.8) is 0 Å². The van der Waals surface area contributed by atoms with Gasteiger partial charge in [0.25, 0.3) is 0 Å². The summed E-state index contributed by atoms with van der Waals surface area (Å²) in [6.45, 7) is 2.60. The lowest BCUT2D eigenvalue weighted by molar-refractivity contribution is 0.202. The molecule has 0 amide bonds. The van der Waals surface area contributed by atoms with E-state index in [4.69, 9.17) is 16.6 Å². The zero-order valence-electron chi connectivity index (χ0n) is 5.88. The lowest BCUT2D eigenvalue weighted by Crippen LogP contribution is -2.38. The molecule has 3 nitrogen and oxygen atoms in total. The van der Waals surface area contributed by atoms with Gasteiger partial charge in [0.15, 0.2) is 0 Å². The summed E-state index contributed by atoms with van der Waals surface area (Å²) in [4.78, 5) is 0. The summed E-state index contributed by atoms with van der Waals surface area (Å²) < 4.78 is 0. The predicted octanol–water partition coefficient (Wildman–Crippen LogP) is -0.709. The van der Waals surface area contributed by atoms with Crippen LogP contribution in [0, 0.1) is 5.92 Å². The normalized spacial score (nSPS) is 17.3. The average Bonchev–Trinajstić information content (AvgIpc) is 1.90. The molecule has 0 rings (SSSR count). The zero-order chi connectivity index (χ0) is 7.28. The third kappa shape index (κ3) is 2.79. The molecule has 56 valence electrons. The maximum absolute atomic E-state index is 8.69. The van der Waals surface area contributed by atoms with Crippen molar-refractivity contribution in [2.24, 2.45) is 17.4 Å². The highest BCUT2D eigenvalue weighted by Crippen LogP contribution is 2.03. The SMILES string of the molecule is CCC(CO)C(N)CN. The van der Waals surface area contributed by atoms with Crippen LogP contribution in [0.3, 0.4) is 0 Å². The summed E-state index contributed by atoms with van der Waals surface area (Å²) in [6.07, 6.45) is 0.898. The van der Waals surface area contributed by atoms with Crippen LogP contribution in [0.25, 0.3) is 0 Å². The van der Waals surface area contributed by atoms with Gasteiger partial charge in [-0.2, -0.15) is 0 Å². The van der Waals surface area contributed by atoms with Crippen LogP contribution in [0.2, 0.25) is 0 Å². The molecule has 0 saturated carbocycles. The molecule has 9 heavy (non-hydrogen) atoms. The van der Waals surface area contributed by atoms with E-state index in [1.54, 1.807) is 0 Å². The lowest BCUT2D eigenvalue weighted by atomic mass is 9.99. The summed E-state index contributed by atoms with van der Waals surface area (Å²) in [7, 11) is 0. The second-order valence-electron chi connectivity index (χ2n) is 2.25. The third-order valence-electron chi connectivity index (χ3n) is 1.64. The lowest BCUT2D eigenvalue weighted by Gasteiger charge is -2.17. The topological polar surface area (TPSA) is 72.3 Å². The molecule has 0 saturated heterocycles. The Kier molecular flexibility index (Phi) is 4.67. The minimum Gasteiger partial charge on any atom is -0.396 e. The molecule has 2 unspecified atom stereocenters. The number of nitrogens with two attached hydrogens (primary N) is 2. The van der Waals surface area contributed by atoms with E-state index in [-0.39, 0.29) is 18.6 Å². The first-order chi connectivity index (χ1) is 4.26. The fourth-order valence-corrected chi connectivity index (χ4v) is 0.760. The third-order valence-corrected chi connectivity index (χ3v) is 1.64. The molecule has 0 fully saturated rings. The van der Waals surface area contributed by atoms with E-state index < -0.39 is 0 Å². The molecule has 0 aromatic carbocycles. The Hall–Kier alpha value is -0.120. The molecule has 0 aromatic heterocycles. The highest BCUT2D eigenvalue weighted by atomic mass is 16.3. The molecule has 3 heteroatoms. The van der Waals surface area contributed by atoms with Crippen molar-refractivity contribution in [3.05, 3.63) is 0 Å². The molecule has 2 atom stereocenters. The van der Waals surface area contributed by atoms with Gasteiger partial charge in [0.05, 0.1) is 0 Å². The maximum atomic E-state index is 8.69. The van der Waals surface area contributed by atoms with Gasteiger partial charge in [0, 0.05) is 19.2 Å². The Morgan fingerprint density at radius 3 is 2.22 bits per heavy atom. The monoisotopic (exact) mass is 132 g/mol. The molecular formula is C6H16N2O. The average molecular weight is 132 g/mol. The maximum Gasteiger partial charge on any atom is 0.0474 e. The van der Waals surface area contributed by atoms with Gasteiger partial charge in [0.1, 0.15) is 0 Å². The van der Waals surface area contributed by atoms with Crippen LogP contribution < -0.4 is 11.5 Å². The fraction of sp³-hybridized carbons (Fsp3) is 1.00. The van der Waals surface area contributed by atoms with Crippen LogP contribution in [0.5, 0.6) is 0 Å². The Bertz CT molecular complexity index is 64.1. The van der Waals surface area contributed by atoms with Gasteiger partial charge in [-0.25, -0.2) is 0 Å². The first-order valence-electron chi connectivity index (χ1n) is 3.32. The van der Waals surface area contributed by atoms with Crippen molar-refractivity contribution < 1.29 is 5.11 Å². The summed E-state index contributed by atoms with van der Waals surface area (Å²) in [5, 5.41) is 8.69.